The number of carbonyl (C=O) groups is 3. The maximum absolute atomic E-state index is 13.6. The molecule has 10 heteroatoms. The van der Waals surface area contributed by atoms with Crippen molar-refractivity contribution in [2.24, 2.45) is 0 Å². The van der Waals surface area contributed by atoms with E-state index in [4.69, 9.17) is 16.3 Å². The lowest BCUT2D eigenvalue weighted by molar-refractivity contribution is -0.385. The number of nitro benzene ring substituents is 1. The van der Waals surface area contributed by atoms with Crippen molar-refractivity contribution >= 4 is 40.7 Å². The minimum atomic E-state index is -1.19. The van der Waals surface area contributed by atoms with Crippen LogP contribution in [-0.4, -0.2) is 40.2 Å². The van der Waals surface area contributed by atoms with E-state index in [2.05, 4.69) is 0 Å². The Hall–Kier alpha value is -4.24. The van der Waals surface area contributed by atoms with Crippen molar-refractivity contribution in [3.8, 4) is 5.75 Å². The number of fused-ring (bicyclic) bond motifs is 1. The molecule has 0 radical (unpaired) electrons. The number of β-lactam (4-membered cyclic amide) rings is 1. The number of ether oxygens (including phenoxy) is 1. The molecule has 5 rings (SSSR count). The number of hydrogen-bond acceptors (Lipinski definition) is 6. The van der Waals surface area contributed by atoms with Crippen LogP contribution in [0.1, 0.15) is 44.8 Å². The first-order chi connectivity index (χ1) is 17.3. The van der Waals surface area contributed by atoms with Crippen LogP contribution in [0, 0.1) is 17.0 Å². The Morgan fingerprint density at radius 1 is 0.944 bits per heavy atom. The summed E-state index contributed by atoms with van der Waals surface area (Å²) >= 11 is 6.32. The van der Waals surface area contributed by atoms with Crippen molar-refractivity contribution < 1.29 is 24.0 Å². The molecule has 0 aromatic heterocycles. The lowest BCUT2D eigenvalue weighted by Gasteiger charge is -2.50. The van der Waals surface area contributed by atoms with Crippen LogP contribution in [-0.2, 0) is 4.79 Å². The number of nitro groups is 1. The zero-order valence-electron chi connectivity index (χ0n) is 19.3. The van der Waals surface area contributed by atoms with E-state index in [1.807, 2.05) is 6.92 Å². The lowest BCUT2D eigenvalue weighted by atomic mass is 9.85. The third kappa shape index (κ3) is 3.43. The Bertz CT molecular complexity index is 1440. The van der Waals surface area contributed by atoms with Gasteiger partial charge < -0.3 is 9.64 Å². The normalized spacial score (nSPS) is 18.8. The number of imide groups is 1. The first-order valence-electron chi connectivity index (χ1n) is 11.2. The number of hydrogen-bond donors (Lipinski definition) is 0. The maximum atomic E-state index is 13.6. The van der Waals surface area contributed by atoms with E-state index in [1.54, 1.807) is 49.4 Å². The predicted octanol–water partition coefficient (Wildman–Crippen LogP) is 4.71. The molecule has 2 aliphatic rings. The molecule has 2 heterocycles. The average Bonchev–Trinajstić information content (AvgIpc) is 3.11. The standard InChI is InChI=1S/C26H20ClN3O6/c1-3-36-16-12-10-15(11-13-16)22-23(26(33)28(22)19-8-5-7-18(27)14(19)2)29-24(31)17-6-4-9-20(30(34)35)21(17)25(29)32/h4-13,22-23H,3H2,1-2H3/t22-,23+/m0/s1. The Morgan fingerprint density at radius 3 is 2.31 bits per heavy atom. The fourth-order valence-corrected chi connectivity index (χ4v) is 4.97. The molecule has 3 amide bonds. The molecular weight excluding hydrogens is 486 g/mol. The Balaban J connectivity index is 1.61. The van der Waals surface area contributed by atoms with E-state index < -0.39 is 40.4 Å². The van der Waals surface area contributed by atoms with Crippen molar-refractivity contribution in [1.29, 1.82) is 0 Å². The number of halogens is 1. The summed E-state index contributed by atoms with van der Waals surface area (Å²) in [6.07, 6.45) is 0. The van der Waals surface area contributed by atoms with Crippen molar-refractivity contribution in [2.75, 3.05) is 11.5 Å². The molecule has 0 bridgehead atoms. The molecule has 2 atom stereocenters. The van der Waals surface area contributed by atoms with Crippen LogP contribution in [0.5, 0.6) is 5.75 Å². The molecule has 0 aliphatic carbocycles. The maximum Gasteiger partial charge on any atom is 0.282 e. The van der Waals surface area contributed by atoms with Gasteiger partial charge in [0.1, 0.15) is 17.4 Å². The van der Waals surface area contributed by atoms with Crippen molar-refractivity contribution in [3.05, 3.63) is 98.1 Å². The highest BCUT2D eigenvalue weighted by Gasteiger charge is 2.58. The number of amides is 3. The van der Waals surface area contributed by atoms with Gasteiger partial charge in [-0.3, -0.25) is 29.4 Å². The van der Waals surface area contributed by atoms with E-state index in [-0.39, 0.29) is 11.1 Å². The van der Waals surface area contributed by atoms with E-state index in [9.17, 15) is 24.5 Å². The summed E-state index contributed by atoms with van der Waals surface area (Å²) in [6.45, 7) is 4.12. The van der Waals surface area contributed by atoms with Crippen LogP contribution < -0.4 is 9.64 Å². The van der Waals surface area contributed by atoms with Crippen LogP contribution in [0.2, 0.25) is 5.02 Å². The second-order valence-electron chi connectivity index (χ2n) is 8.42. The number of nitrogens with zero attached hydrogens (tertiary/aromatic N) is 3. The number of carbonyl (C=O) groups excluding carboxylic acids is 3. The Kier molecular flexibility index (Phi) is 5.72. The second-order valence-corrected chi connectivity index (χ2v) is 8.83. The molecule has 0 spiro atoms. The van der Waals surface area contributed by atoms with Crippen LogP contribution in [0.15, 0.2) is 60.7 Å². The zero-order valence-corrected chi connectivity index (χ0v) is 20.1. The van der Waals surface area contributed by atoms with Gasteiger partial charge in [0.25, 0.3) is 23.4 Å². The molecule has 182 valence electrons. The Morgan fingerprint density at radius 2 is 1.64 bits per heavy atom. The summed E-state index contributed by atoms with van der Waals surface area (Å²) in [5.74, 6) is -1.46. The minimum Gasteiger partial charge on any atom is -0.494 e. The quantitative estimate of drug-likeness (QED) is 0.208. The van der Waals surface area contributed by atoms with Crippen LogP contribution in [0.4, 0.5) is 11.4 Å². The summed E-state index contributed by atoms with van der Waals surface area (Å²) in [5, 5.41) is 12.0. The fourth-order valence-electron chi connectivity index (χ4n) is 4.80. The molecule has 36 heavy (non-hydrogen) atoms. The SMILES string of the molecule is CCOc1ccc([C@H]2[C@@H](N3C(=O)c4cccc([N+](=O)[O-])c4C3=O)C(=O)N2c2cccc(Cl)c2C)cc1. The fraction of sp³-hybridized carbons (Fsp3) is 0.192. The predicted molar refractivity (Wildman–Crippen MR) is 131 cm³/mol. The summed E-state index contributed by atoms with van der Waals surface area (Å²) in [4.78, 5) is 53.5. The molecule has 2 aliphatic heterocycles. The van der Waals surface area contributed by atoms with Crippen molar-refractivity contribution in [2.45, 2.75) is 25.9 Å². The van der Waals surface area contributed by atoms with Crippen LogP contribution >= 0.6 is 11.6 Å². The number of rotatable bonds is 6. The van der Waals surface area contributed by atoms with Crippen molar-refractivity contribution in [3.63, 3.8) is 0 Å². The van der Waals surface area contributed by atoms with Gasteiger partial charge in [0.05, 0.1) is 23.1 Å². The van der Waals surface area contributed by atoms with Gasteiger partial charge in [0.2, 0.25) is 0 Å². The number of benzene rings is 3. The van der Waals surface area contributed by atoms with Gasteiger partial charge in [0, 0.05) is 16.8 Å². The average molecular weight is 506 g/mol. The first-order valence-corrected chi connectivity index (χ1v) is 11.6. The minimum absolute atomic E-state index is 0.0928. The van der Waals surface area contributed by atoms with E-state index >= 15 is 0 Å². The van der Waals surface area contributed by atoms with Gasteiger partial charge in [-0.1, -0.05) is 35.9 Å². The monoisotopic (exact) mass is 505 g/mol. The lowest BCUT2D eigenvalue weighted by Crippen LogP contribution is -2.67. The van der Waals surface area contributed by atoms with Crippen LogP contribution in [0.25, 0.3) is 0 Å². The molecule has 3 aromatic rings. The third-order valence-electron chi connectivity index (χ3n) is 6.50. The highest BCUT2D eigenvalue weighted by molar-refractivity contribution is 6.32. The van der Waals surface area contributed by atoms with Crippen LogP contribution in [0.3, 0.4) is 0 Å². The van der Waals surface area contributed by atoms with E-state index in [0.717, 1.165) is 4.90 Å². The topological polar surface area (TPSA) is 110 Å². The first kappa shape index (κ1) is 23.5. The van der Waals surface area contributed by atoms with Gasteiger partial charge >= 0.3 is 0 Å². The van der Waals surface area contributed by atoms with Crippen molar-refractivity contribution in [1.82, 2.24) is 4.90 Å². The second kappa shape index (κ2) is 8.76. The largest absolute Gasteiger partial charge is 0.494 e. The smallest absolute Gasteiger partial charge is 0.282 e. The molecule has 0 unspecified atom stereocenters. The highest BCUT2D eigenvalue weighted by Crippen LogP contribution is 2.46. The summed E-state index contributed by atoms with van der Waals surface area (Å²) in [6, 6.07) is 14.1. The highest BCUT2D eigenvalue weighted by atomic mass is 35.5. The summed E-state index contributed by atoms with van der Waals surface area (Å²) in [7, 11) is 0. The van der Waals surface area contributed by atoms with Gasteiger partial charge in [-0.05, 0) is 55.3 Å². The van der Waals surface area contributed by atoms with Gasteiger partial charge in [-0.2, -0.15) is 0 Å². The zero-order chi connectivity index (χ0) is 25.7. The summed E-state index contributed by atoms with van der Waals surface area (Å²) < 4.78 is 5.52. The molecule has 1 fully saturated rings. The molecule has 3 aromatic carbocycles. The van der Waals surface area contributed by atoms with Gasteiger partial charge in [-0.25, -0.2) is 0 Å². The number of anilines is 1. The van der Waals surface area contributed by atoms with Gasteiger partial charge in [0.15, 0.2) is 0 Å². The Labute approximate surface area is 211 Å². The molecular formula is C26H20ClN3O6. The molecule has 0 saturated carbocycles. The molecule has 9 nitrogen and oxygen atoms in total. The van der Waals surface area contributed by atoms with E-state index in [1.165, 1.54) is 23.1 Å². The summed E-state index contributed by atoms with van der Waals surface area (Å²) in [5.41, 5.74) is 1.01. The third-order valence-corrected chi connectivity index (χ3v) is 6.91. The molecule has 0 N–H and O–H groups in total. The molecule has 1 saturated heterocycles. The van der Waals surface area contributed by atoms with E-state index in [0.29, 0.717) is 34.2 Å². The van der Waals surface area contributed by atoms with Gasteiger partial charge in [-0.15, -0.1) is 0 Å².